The van der Waals surface area contributed by atoms with Crippen LogP contribution < -0.4 is 81.8 Å². The molecule has 466 valence electrons. The highest BCUT2D eigenvalue weighted by molar-refractivity contribution is 6.00. The van der Waals surface area contributed by atoms with E-state index >= 15 is 0 Å². The summed E-state index contributed by atoms with van der Waals surface area (Å²) in [6, 6.07) is -18.0. The van der Waals surface area contributed by atoms with E-state index in [1.165, 1.54) is 27.7 Å². The quantitative estimate of drug-likeness (QED) is 0.0253. The Kier molecular flexibility index (Phi) is 34.6. The van der Waals surface area contributed by atoms with Gasteiger partial charge in [-0.1, -0.05) is 41.5 Å². The summed E-state index contributed by atoms with van der Waals surface area (Å²) >= 11 is 0. The molecule has 11 atom stereocenters. The minimum atomic E-state index is -1.88. The highest BCUT2D eigenvalue weighted by atomic mass is 16.4. The molecule has 0 aromatic heterocycles. The van der Waals surface area contributed by atoms with Crippen LogP contribution in [-0.4, -0.2) is 208 Å². The Hall–Kier alpha value is -7.66. The van der Waals surface area contributed by atoms with Gasteiger partial charge in [0.05, 0.1) is 32.8 Å². The average Bonchev–Trinajstić information content (AvgIpc) is 3.47. The smallest absolute Gasteiger partial charge is 0.326 e. The molecule has 0 aromatic rings. The number of aliphatic carboxylic acids is 1. The number of aliphatic hydroxyl groups excluding tert-OH is 4. The first-order valence-electron chi connectivity index (χ1n) is 26.3. The summed E-state index contributed by atoms with van der Waals surface area (Å²) in [6.45, 7) is 5.46. The first-order chi connectivity index (χ1) is 38.3. The van der Waals surface area contributed by atoms with Crippen molar-refractivity contribution in [2.24, 2.45) is 46.4 Å². The van der Waals surface area contributed by atoms with Crippen LogP contribution in [0, 0.1) is 17.8 Å². The van der Waals surface area contributed by atoms with E-state index < -0.39 is 220 Å². The number of amides is 13. The number of carbonyl (C=O) groups is 14. The number of carbonyl (C=O) groups excluding carboxylic acids is 13. The molecule has 0 aliphatic carbocycles. The van der Waals surface area contributed by atoms with Crippen molar-refractivity contribution in [1.29, 1.82) is 0 Å². The van der Waals surface area contributed by atoms with Crippen molar-refractivity contribution in [2.45, 2.75) is 166 Å². The molecule has 0 radical (unpaired) electrons. The molecule has 34 heteroatoms. The second-order valence-electron chi connectivity index (χ2n) is 20.2. The average molecular weight is 1180 g/mol. The maximum absolute atomic E-state index is 14.0. The molecule has 0 saturated heterocycles. The molecule has 0 fully saturated rings. The number of carboxylic acids is 1. The molecule has 13 amide bonds. The lowest BCUT2D eigenvalue weighted by Gasteiger charge is -2.29. The molecule has 0 saturated carbocycles. The van der Waals surface area contributed by atoms with Crippen molar-refractivity contribution < 1.29 is 92.7 Å². The van der Waals surface area contributed by atoms with Crippen LogP contribution in [0.25, 0.3) is 0 Å². The molecule has 82 heavy (non-hydrogen) atoms. The fourth-order valence-corrected chi connectivity index (χ4v) is 7.38. The number of aliphatic hydroxyl groups is 4. The Bertz CT molecular complexity index is 2220. The molecule has 0 aromatic carbocycles. The summed E-state index contributed by atoms with van der Waals surface area (Å²) in [4.78, 5) is 182. The summed E-state index contributed by atoms with van der Waals surface area (Å²) in [5.41, 5.74) is 27.0. The molecule has 0 unspecified atom stereocenters. The van der Waals surface area contributed by atoms with E-state index in [2.05, 4.69) is 53.2 Å². The fourth-order valence-electron chi connectivity index (χ4n) is 7.38. The van der Waals surface area contributed by atoms with Crippen LogP contribution in [-0.2, 0) is 67.1 Å². The highest BCUT2D eigenvalue weighted by Gasteiger charge is 2.37. The van der Waals surface area contributed by atoms with E-state index in [9.17, 15) is 92.7 Å². The van der Waals surface area contributed by atoms with Crippen LogP contribution in [0.1, 0.15) is 99.3 Å². The van der Waals surface area contributed by atoms with Gasteiger partial charge in [0.2, 0.25) is 76.8 Å². The zero-order valence-electron chi connectivity index (χ0n) is 46.8. The van der Waals surface area contributed by atoms with Gasteiger partial charge in [0.15, 0.2) is 0 Å². The van der Waals surface area contributed by atoms with Gasteiger partial charge in [-0.15, -0.1) is 0 Å². The standard InChI is InChI=1S/C48H85N15O19/c1-21(2)15-28(57-44(77)30(18-65)59-38(71)24(50)17-64)41(74)54-25(9-7-8-14-49)39(72)58-29(16-35(53)70)42(75)55-26(10-12-33(51)68)40(73)62-36(22(3)4)46(79)61-32(20-67)45(78)63-37(23(5)6)47(80)60-31(19-66)43(76)56-27(48(81)82)11-13-34(52)69/h21-32,36-37,64-67H,7-20,49-50H2,1-6H3,(H2,51,68)(H2,52,69)(H2,53,70)(H,54,74)(H,55,75)(H,56,76)(H,57,77)(H,58,72)(H,59,71)(H,60,80)(H,61,79)(H,62,73)(H,63,78)(H,81,82)/t24-,25-,26-,27-,28-,29-,30-,31-,32-,36-,37-/m0/s1. The Balaban J connectivity index is 6.61. The number of hydrogen-bond donors (Lipinski definition) is 20. The minimum Gasteiger partial charge on any atom is -0.480 e. The number of nitrogens with two attached hydrogens (primary N) is 5. The zero-order valence-corrected chi connectivity index (χ0v) is 46.8. The molecule has 0 aliphatic rings. The van der Waals surface area contributed by atoms with Crippen molar-refractivity contribution in [2.75, 3.05) is 33.0 Å². The number of rotatable bonds is 41. The second kappa shape index (κ2) is 38.1. The van der Waals surface area contributed by atoms with Crippen LogP contribution in [0.3, 0.4) is 0 Å². The highest BCUT2D eigenvalue weighted by Crippen LogP contribution is 2.12. The number of primary amides is 3. The van der Waals surface area contributed by atoms with Gasteiger partial charge in [0.25, 0.3) is 0 Å². The van der Waals surface area contributed by atoms with Crippen LogP contribution in [0.4, 0.5) is 0 Å². The van der Waals surface area contributed by atoms with Gasteiger partial charge in [-0.2, -0.15) is 0 Å². The molecule has 0 aliphatic heterocycles. The predicted octanol–water partition coefficient (Wildman–Crippen LogP) is -9.89. The lowest BCUT2D eigenvalue weighted by molar-refractivity contribution is -0.143. The van der Waals surface area contributed by atoms with Crippen molar-refractivity contribution in [1.82, 2.24) is 53.2 Å². The van der Waals surface area contributed by atoms with E-state index in [1.54, 1.807) is 13.8 Å². The third-order valence-electron chi connectivity index (χ3n) is 12.0. The van der Waals surface area contributed by atoms with Crippen molar-refractivity contribution in [3.05, 3.63) is 0 Å². The lowest BCUT2D eigenvalue weighted by Crippen LogP contribution is -2.62. The first-order valence-corrected chi connectivity index (χ1v) is 26.3. The van der Waals surface area contributed by atoms with Gasteiger partial charge in [-0.25, -0.2) is 4.79 Å². The van der Waals surface area contributed by atoms with Crippen LogP contribution >= 0.6 is 0 Å². The number of carboxylic acid groups (broad SMARTS) is 1. The molecule has 25 N–H and O–H groups in total. The summed E-state index contributed by atoms with van der Waals surface area (Å²) in [7, 11) is 0. The Morgan fingerprint density at radius 2 is 0.707 bits per heavy atom. The van der Waals surface area contributed by atoms with E-state index in [-0.39, 0.29) is 31.7 Å². The minimum absolute atomic E-state index is 0.0455. The van der Waals surface area contributed by atoms with Gasteiger partial charge in [-0.3, -0.25) is 62.3 Å². The maximum Gasteiger partial charge on any atom is 0.326 e. The topological polar surface area (TPSA) is 591 Å². The molecule has 34 nitrogen and oxygen atoms in total. The number of hydrogen-bond acceptors (Lipinski definition) is 20. The van der Waals surface area contributed by atoms with Crippen molar-refractivity contribution in [3.63, 3.8) is 0 Å². The van der Waals surface area contributed by atoms with E-state index in [1.807, 2.05) is 0 Å². The molecule has 0 bridgehead atoms. The number of nitrogens with one attached hydrogen (secondary N) is 10. The summed E-state index contributed by atoms with van der Waals surface area (Å²) in [5, 5.41) is 71.5. The normalized spacial score (nSPS) is 15.2. The van der Waals surface area contributed by atoms with Gasteiger partial charge in [0.1, 0.15) is 66.5 Å². The van der Waals surface area contributed by atoms with Gasteiger partial charge >= 0.3 is 5.97 Å². The molecule has 0 spiro atoms. The number of unbranched alkanes of at least 4 members (excludes halogenated alkanes) is 1. The largest absolute Gasteiger partial charge is 0.480 e. The first kappa shape index (κ1) is 74.3. The Morgan fingerprint density at radius 3 is 1.09 bits per heavy atom. The van der Waals surface area contributed by atoms with Crippen LogP contribution in [0.5, 0.6) is 0 Å². The van der Waals surface area contributed by atoms with Crippen molar-refractivity contribution >= 4 is 82.8 Å². The van der Waals surface area contributed by atoms with Crippen molar-refractivity contribution in [3.8, 4) is 0 Å². The van der Waals surface area contributed by atoms with E-state index in [4.69, 9.17) is 28.7 Å². The van der Waals surface area contributed by atoms with Gasteiger partial charge in [-0.05, 0) is 62.8 Å². The molecule has 0 heterocycles. The third kappa shape index (κ3) is 27.7. The zero-order chi connectivity index (χ0) is 63.1. The van der Waals surface area contributed by atoms with Crippen LogP contribution in [0.15, 0.2) is 0 Å². The summed E-state index contributed by atoms with van der Waals surface area (Å²) in [5.74, 6) is -17.3. The van der Waals surface area contributed by atoms with Crippen LogP contribution in [0.2, 0.25) is 0 Å². The van der Waals surface area contributed by atoms with Gasteiger partial charge in [0, 0.05) is 12.8 Å². The molecular weight excluding hydrogens is 1090 g/mol. The predicted molar refractivity (Wildman–Crippen MR) is 286 cm³/mol. The SMILES string of the molecule is CC(C)C[C@H](NC(=O)[C@H](CO)NC(=O)[C@@H](N)CO)C(=O)N[C@@H](CCCCN)C(=O)N[C@@H](CC(N)=O)C(=O)N[C@@H](CCC(N)=O)C(=O)N[C@H](C(=O)N[C@@H](CO)C(=O)N[C@H](C(=O)N[C@@H](CO)C(=O)N[C@@H](CCC(N)=O)C(=O)O)C(C)C)C(C)C. The fraction of sp³-hybridized carbons (Fsp3) is 0.708. The monoisotopic (exact) mass is 1180 g/mol. The summed E-state index contributed by atoms with van der Waals surface area (Å²) < 4.78 is 0. The Morgan fingerprint density at radius 1 is 0.378 bits per heavy atom. The summed E-state index contributed by atoms with van der Waals surface area (Å²) in [6.07, 6.45) is -2.48. The lowest BCUT2D eigenvalue weighted by atomic mass is 10.0. The molecular formula is C48H85N15O19. The maximum atomic E-state index is 14.0. The molecule has 0 rings (SSSR count). The van der Waals surface area contributed by atoms with Gasteiger partial charge < -0.3 is 107 Å². The second-order valence-corrected chi connectivity index (χ2v) is 20.2. The van der Waals surface area contributed by atoms with E-state index in [0.29, 0.717) is 6.42 Å². The Labute approximate surface area is 472 Å². The van der Waals surface area contributed by atoms with E-state index in [0.717, 1.165) is 0 Å². The third-order valence-corrected chi connectivity index (χ3v) is 12.0.